The summed E-state index contributed by atoms with van der Waals surface area (Å²) in [5.41, 5.74) is -0.825. The van der Waals surface area contributed by atoms with Gasteiger partial charge in [0.25, 0.3) is 5.92 Å². The van der Waals surface area contributed by atoms with E-state index in [-0.39, 0.29) is 13.0 Å². The first-order chi connectivity index (χ1) is 6.84. The maximum atomic E-state index is 12.6. The molecule has 1 amide bonds. The van der Waals surface area contributed by atoms with Crippen molar-refractivity contribution in [1.29, 1.82) is 0 Å². The molecule has 3 nitrogen and oxygen atoms in total. The average molecular weight is 219 g/mol. The van der Waals surface area contributed by atoms with Crippen LogP contribution in [0.25, 0.3) is 0 Å². The average Bonchev–Trinajstić information content (AvgIpc) is 2.71. The van der Waals surface area contributed by atoms with Crippen molar-refractivity contribution in [2.24, 2.45) is 5.92 Å². The number of nitrogens with zero attached hydrogens (tertiary/aromatic N) is 1. The first kappa shape index (κ1) is 10.8. The summed E-state index contributed by atoms with van der Waals surface area (Å²) in [6.07, 6.45) is 1.92. The summed E-state index contributed by atoms with van der Waals surface area (Å²) in [5, 5.41) is 9.78. The molecule has 0 bridgehead atoms. The minimum atomic E-state index is -2.81. The van der Waals surface area contributed by atoms with Gasteiger partial charge in [-0.05, 0) is 19.3 Å². The molecule has 5 heteroatoms. The zero-order chi connectivity index (χ0) is 11.3. The van der Waals surface area contributed by atoms with Gasteiger partial charge in [-0.2, -0.15) is 0 Å². The quantitative estimate of drug-likeness (QED) is 0.769. The minimum Gasteiger partial charge on any atom is -0.388 e. The van der Waals surface area contributed by atoms with Gasteiger partial charge in [-0.25, -0.2) is 8.78 Å². The standard InChI is InChI=1S/C10H15F2NO2/c1-13(6-9(15)3-2-4-9)8(14)7-5-10(7,11)12/h7,15H,2-6H2,1H3. The van der Waals surface area contributed by atoms with Gasteiger partial charge in [-0.3, -0.25) is 4.79 Å². The summed E-state index contributed by atoms with van der Waals surface area (Å²) in [6.45, 7) is 0.179. The molecule has 0 aromatic carbocycles. The number of rotatable bonds is 3. The molecule has 0 aliphatic heterocycles. The Labute approximate surface area is 87.1 Å². The Kier molecular flexibility index (Phi) is 2.26. The van der Waals surface area contributed by atoms with E-state index in [0.29, 0.717) is 12.8 Å². The number of likely N-dealkylation sites (N-methyl/N-ethyl adjacent to an activating group) is 1. The van der Waals surface area contributed by atoms with E-state index in [1.54, 1.807) is 0 Å². The normalized spacial score (nSPS) is 30.5. The van der Waals surface area contributed by atoms with Gasteiger partial charge in [0.15, 0.2) is 0 Å². The molecule has 2 aliphatic carbocycles. The summed E-state index contributed by atoms with van der Waals surface area (Å²) in [4.78, 5) is 12.7. The molecular formula is C10H15F2NO2. The molecule has 0 radical (unpaired) electrons. The van der Waals surface area contributed by atoms with E-state index in [1.165, 1.54) is 11.9 Å². The van der Waals surface area contributed by atoms with Gasteiger partial charge in [-0.15, -0.1) is 0 Å². The van der Waals surface area contributed by atoms with Crippen LogP contribution in [0.2, 0.25) is 0 Å². The highest BCUT2D eigenvalue weighted by Crippen LogP contribution is 2.49. The maximum Gasteiger partial charge on any atom is 0.260 e. The predicted molar refractivity (Wildman–Crippen MR) is 49.5 cm³/mol. The number of aliphatic hydroxyl groups is 1. The lowest BCUT2D eigenvalue weighted by molar-refractivity contribution is -0.139. The van der Waals surface area contributed by atoms with Crippen LogP contribution in [-0.4, -0.2) is 41.0 Å². The predicted octanol–water partition coefficient (Wildman–Crippen LogP) is 1.01. The number of carbonyl (C=O) groups is 1. The van der Waals surface area contributed by atoms with Crippen LogP contribution in [0.3, 0.4) is 0 Å². The summed E-state index contributed by atoms with van der Waals surface area (Å²) < 4.78 is 25.3. The first-order valence-electron chi connectivity index (χ1n) is 5.19. The fourth-order valence-electron chi connectivity index (χ4n) is 2.01. The molecule has 1 N–H and O–H groups in total. The molecule has 0 aromatic heterocycles. The van der Waals surface area contributed by atoms with Crippen LogP contribution in [0.15, 0.2) is 0 Å². The van der Waals surface area contributed by atoms with Crippen molar-refractivity contribution in [2.45, 2.75) is 37.2 Å². The van der Waals surface area contributed by atoms with Crippen LogP contribution in [0.4, 0.5) is 8.78 Å². The van der Waals surface area contributed by atoms with Crippen molar-refractivity contribution in [1.82, 2.24) is 4.90 Å². The summed E-state index contributed by atoms with van der Waals surface area (Å²) in [6, 6.07) is 0. The Morgan fingerprint density at radius 1 is 1.53 bits per heavy atom. The van der Waals surface area contributed by atoms with Gasteiger partial charge < -0.3 is 10.0 Å². The van der Waals surface area contributed by atoms with E-state index in [9.17, 15) is 18.7 Å². The Morgan fingerprint density at radius 3 is 2.40 bits per heavy atom. The largest absolute Gasteiger partial charge is 0.388 e. The van der Waals surface area contributed by atoms with E-state index in [0.717, 1.165) is 6.42 Å². The van der Waals surface area contributed by atoms with Crippen LogP contribution >= 0.6 is 0 Å². The van der Waals surface area contributed by atoms with Crippen LogP contribution in [0, 0.1) is 5.92 Å². The van der Waals surface area contributed by atoms with Gasteiger partial charge in [0.2, 0.25) is 5.91 Å². The number of hydrogen-bond donors (Lipinski definition) is 1. The lowest BCUT2D eigenvalue weighted by Crippen LogP contribution is -2.49. The van der Waals surface area contributed by atoms with E-state index in [2.05, 4.69) is 0 Å². The van der Waals surface area contributed by atoms with Gasteiger partial charge >= 0.3 is 0 Å². The van der Waals surface area contributed by atoms with Crippen molar-refractivity contribution in [3.05, 3.63) is 0 Å². The maximum absolute atomic E-state index is 12.6. The van der Waals surface area contributed by atoms with E-state index < -0.39 is 23.3 Å². The number of halogens is 2. The van der Waals surface area contributed by atoms with E-state index in [1.807, 2.05) is 0 Å². The number of hydrogen-bond acceptors (Lipinski definition) is 2. The molecule has 0 aromatic rings. The van der Waals surface area contributed by atoms with Crippen molar-refractivity contribution in [3.8, 4) is 0 Å². The smallest absolute Gasteiger partial charge is 0.260 e. The van der Waals surface area contributed by atoms with Crippen LogP contribution in [0.1, 0.15) is 25.7 Å². The highest BCUT2D eigenvalue weighted by atomic mass is 19.3. The second kappa shape index (κ2) is 3.14. The Bertz CT molecular complexity index is 289. The van der Waals surface area contributed by atoms with Crippen molar-refractivity contribution in [2.75, 3.05) is 13.6 Å². The SMILES string of the molecule is CN(CC1(O)CCC1)C(=O)C1CC1(F)F. The van der Waals surface area contributed by atoms with E-state index in [4.69, 9.17) is 0 Å². The molecule has 1 atom stereocenters. The van der Waals surface area contributed by atoms with Crippen LogP contribution in [0.5, 0.6) is 0 Å². The molecule has 1 unspecified atom stereocenters. The van der Waals surface area contributed by atoms with Crippen molar-refractivity contribution in [3.63, 3.8) is 0 Å². The van der Waals surface area contributed by atoms with Gasteiger partial charge in [0.1, 0.15) is 5.92 Å². The molecule has 0 spiro atoms. The Hall–Kier alpha value is -0.710. The van der Waals surface area contributed by atoms with E-state index >= 15 is 0 Å². The molecule has 2 fully saturated rings. The minimum absolute atomic E-state index is 0.179. The highest BCUT2D eigenvalue weighted by Gasteiger charge is 2.62. The number of amides is 1. The molecule has 2 rings (SSSR count). The molecule has 0 heterocycles. The van der Waals surface area contributed by atoms with Gasteiger partial charge in [0, 0.05) is 20.0 Å². The third kappa shape index (κ3) is 1.97. The van der Waals surface area contributed by atoms with Gasteiger partial charge in [0.05, 0.1) is 5.60 Å². The number of carbonyl (C=O) groups excluding carboxylic acids is 1. The van der Waals surface area contributed by atoms with Crippen molar-refractivity contribution < 1.29 is 18.7 Å². The summed E-state index contributed by atoms with van der Waals surface area (Å²) in [5.74, 6) is -4.50. The fraction of sp³-hybridized carbons (Fsp3) is 0.900. The first-order valence-corrected chi connectivity index (χ1v) is 5.19. The fourth-order valence-corrected chi connectivity index (χ4v) is 2.01. The molecule has 2 aliphatic rings. The second-order valence-corrected chi connectivity index (χ2v) is 4.79. The Morgan fingerprint density at radius 2 is 2.07 bits per heavy atom. The Balaban J connectivity index is 1.86. The monoisotopic (exact) mass is 219 g/mol. The molecular weight excluding hydrogens is 204 g/mol. The third-order valence-corrected chi connectivity index (χ3v) is 3.32. The molecule has 15 heavy (non-hydrogen) atoms. The lowest BCUT2D eigenvalue weighted by atomic mass is 9.80. The molecule has 2 saturated carbocycles. The molecule has 0 saturated heterocycles. The lowest BCUT2D eigenvalue weighted by Gasteiger charge is -2.39. The zero-order valence-electron chi connectivity index (χ0n) is 8.67. The van der Waals surface area contributed by atoms with Crippen molar-refractivity contribution >= 4 is 5.91 Å². The third-order valence-electron chi connectivity index (χ3n) is 3.32. The topological polar surface area (TPSA) is 40.5 Å². The second-order valence-electron chi connectivity index (χ2n) is 4.79. The van der Waals surface area contributed by atoms with Crippen LogP contribution < -0.4 is 0 Å². The van der Waals surface area contributed by atoms with Crippen LogP contribution in [-0.2, 0) is 4.79 Å². The zero-order valence-corrected chi connectivity index (χ0v) is 8.67. The highest BCUT2D eigenvalue weighted by molar-refractivity contribution is 5.82. The van der Waals surface area contributed by atoms with Gasteiger partial charge in [-0.1, -0.05) is 0 Å². The summed E-state index contributed by atoms with van der Waals surface area (Å²) in [7, 11) is 1.48. The number of alkyl halides is 2. The molecule has 86 valence electrons. The summed E-state index contributed by atoms with van der Waals surface area (Å²) >= 11 is 0.